The molecule has 2 N–H and O–H groups in total. The van der Waals surface area contributed by atoms with Crippen LogP contribution in [0.2, 0.25) is 0 Å². The smallest absolute Gasteiger partial charge is 0.162 e. The van der Waals surface area contributed by atoms with Gasteiger partial charge in [-0.05, 0) is 37.3 Å². The number of halogens is 2. The minimum atomic E-state index is -0.392. The van der Waals surface area contributed by atoms with E-state index in [9.17, 15) is 8.78 Å². The third-order valence-corrected chi connectivity index (χ3v) is 4.67. The Hall–Kier alpha value is -3.88. The molecule has 7 nitrogen and oxygen atoms in total. The lowest BCUT2D eigenvalue weighted by molar-refractivity contribution is 0.625. The van der Waals surface area contributed by atoms with Crippen molar-refractivity contribution in [1.29, 1.82) is 0 Å². The molecule has 5 aromatic rings. The molecule has 1 atom stereocenters. The van der Waals surface area contributed by atoms with Crippen LogP contribution in [0.15, 0.2) is 55.1 Å². The van der Waals surface area contributed by atoms with Crippen LogP contribution in [0.1, 0.15) is 18.8 Å². The molecule has 144 valence electrons. The van der Waals surface area contributed by atoms with Crippen molar-refractivity contribution >= 4 is 28.0 Å². The number of benzene rings is 2. The molecular formula is C20H15F2N7. The fourth-order valence-electron chi connectivity index (χ4n) is 3.38. The van der Waals surface area contributed by atoms with Gasteiger partial charge in [-0.1, -0.05) is 6.07 Å². The summed E-state index contributed by atoms with van der Waals surface area (Å²) in [4.78, 5) is 20.2. The summed E-state index contributed by atoms with van der Waals surface area (Å²) < 4.78 is 29.6. The molecule has 0 aliphatic rings. The van der Waals surface area contributed by atoms with Gasteiger partial charge in [0.25, 0.3) is 0 Å². The monoisotopic (exact) mass is 391 g/mol. The number of nitrogens with one attached hydrogen (secondary N) is 2. The Morgan fingerprint density at radius 3 is 2.76 bits per heavy atom. The van der Waals surface area contributed by atoms with E-state index in [1.807, 2.05) is 6.92 Å². The van der Waals surface area contributed by atoms with Crippen LogP contribution in [-0.2, 0) is 0 Å². The van der Waals surface area contributed by atoms with Gasteiger partial charge < -0.3 is 10.3 Å². The van der Waals surface area contributed by atoms with Crippen LogP contribution in [0.3, 0.4) is 0 Å². The third-order valence-electron chi connectivity index (χ3n) is 4.67. The summed E-state index contributed by atoms with van der Waals surface area (Å²) in [6.07, 6.45) is 2.97. The van der Waals surface area contributed by atoms with E-state index in [-0.39, 0.29) is 11.9 Å². The highest BCUT2D eigenvalue weighted by molar-refractivity contribution is 5.82. The van der Waals surface area contributed by atoms with Gasteiger partial charge >= 0.3 is 0 Å². The minimum absolute atomic E-state index is 0.344. The Kier molecular flexibility index (Phi) is 3.94. The molecule has 0 unspecified atom stereocenters. The molecule has 0 amide bonds. The van der Waals surface area contributed by atoms with Crippen LogP contribution < -0.4 is 5.32 Å². The maximum atomic E-state index is 13.9. The van der Waals surface area contributed by atoms with Crippen molar-refractivity contribution in [2.45, 2.75) is 13.0 Å². The van der Waals surface area contributed by atoms with E-state index in [0.29, 0.717) is 39.5 Å². The Bertz CT molecular complexity index is 1340. The predicted molar refractivity (Wildman–Crippen MR) is 105 cm³/mol. The van der Waals surface area contributed by atoms with Gasteiger partial charge in [-0.25, -0.2) is 28.7 Å². The van der Waals surface area contributed by atoms with Gasteiger partial charge in [-0.2, -0.15) is 0 Å². The van der Waals surface area contributed by atoms with Crippen LogP contribution in [0, 0.1) is 11.6 Å². The van der Waals surface area contributed by atoms with Crippen LogP contribution in [0.5, 0.6) is 0 Å². The first kappa shape index (κ1) is 17.2. The minimum Gasteiger partial charge on any atom is -0.358 e. The number of imidazole rings is 2. The first-order valence-electron chi connectivity index (χ1n) is 8.94. The molecule has 0 fully saturated rings. The number of anilines is 1. The molecular weight excluding hydrogens is 376 g/mol. The lowest BCUT2D eigenvalue weighted by Crippen LogP contribution is -2.14. The van der Waals surface area contributed by atoms with E-state index in [1.54, 1.807) is 29.1 Å². The highest BCUT2D eigenvalue weighted by atomic mass is 19.1. The van der Waals surface area contributed by atoms with Gasteiger partial charge in [0.15, 0.2) is 11.5 Å². The SMILES string of the molecule is C[C@H](Nc1ncnc2[nH]cnc12)c1nc2ccc(F)cc2n1-c1cccc(F)c1. The summed E-state index contributed by atoms with van der Waals surface area (Å²) in [5, 5.41) is 3.28. The molecule has 0 aliphatic heterocycles. The van der Waals surface area contributed by atoms with Gasteiger partial charge in [0, 0.05) is 6.07 Å². The number of fused-ring (bicyclic) bond motifs is 2. The third kappa shape index (κ3) is 2.96. The van der Waals surface area contributed by atoms with Crippen LogP contribution in [-0.4, -0.2) is 29.5 Å². The average molecular weight is 391 g/mol. The maximum Gasteiger partial charge on any atom is 0.162 e. The van der Waals surface area contributed by atoms with Crippen molar-refractivity contribution < 1.29 is 8.78 Å². The molecule has 3 aromatic heterocycles. The number of H-pyrrole nitrogens is 1. The summed E-state index contributed by atoms with van der Waals surface area (Å²) >= 11 is 0. The second-order valence-corrected chi connectivity index (χ2v) is 6.61. The number of rotatable bonds is 4. The predicted octanol–water partition coefficient (Wildman–Crippen LogP) is 4.14. The van der Waals surface area contributed by atoms with E-state index in [2.05, 4.69) is 30.2 Å². The summed E-state index contributed by atoms with van der Waals surface area (Å²) in [5.41, 5.74) is 2.90. The molecule has 0 saturated heterocycles. The lowest BCUT2D eigenvalue weighted by Gasteiger charge is -2.17. The van der Waals surface area contributed by atoms with Crippen molar-refractivity contribution in [3.8, 4) is 5.69 Å². The van der Waals surface area contributed by atoms with Crippen molar-refractivity contribution in [3.05, 3.63) is 72.6 Å². The quantitative estimate of drug-likeness (QED) is 0.481. The Morgan fingerprint density at radius 2 is 1.90 bits per heavy atom. The number of hydrogen-bond acceptors (Lipinski definition) is 5. The summed E-state index contributed by atoms with van der Waals surface area (Å²) in [6, 6.07) is 10.1. The molecule has 3 heterocycles. The second-order valence-electron chi connectivity index (χ2n) is 6.61. The molecule has 0 aliphatic carbocycles. The van der Waals surface area contributed by atoms with Crippen molar-refractivity contribution in [3.63, 3.8) is 0 Å². The Labute approximate surface area is 163 Å². The lowest BCUT2D eigenvalue weighted by atomic mass is 10.2. The van der Waals surface area contributed by atoms with E-state index < -0.39 is 5.82 Å². The van der Waals surface area contributed by atoms with Gasteiger partial charge in [-0.3, -0.25) is 4.57 Å². The first-order valence-corrected chi connectivity index (χ1v) is 8.94. The van der Waals surface area contributed by atoms with E-state index in [0.717, 1.165) is 0 Å². The van der Waals surface area contributed by atoms with E-state index >= 15 is 0 Å². The highest BCUT2D eigenvalue weighted by Gasteiger charge is 2.20. The molecule has 2 aromatic carbocycles. The molecule has 9 heteroatoms. The fourth-order valence-corrected chi connectivity index (χ4v) is 3.38. The highest BCUT2D eigenvalue weighted by Crippen LogP contribution is 2.29. The van der Waals surface area contributed by atoms with E-state index in [4.69, 9.17) is 0 Å². The summed E-state index contributed by atoms with van der Waals surface area (Å²) in [6.45, 7) is 1.90. The number of aromatic nitrogens is 6. The normalized spacial score (nSPS) is 12.5. The zero-order valence-electron chi connectivity index (χ0n) is 15.3. The largest absolute Gasteiger partial charge is 0.358 e. The summed E-state index contributed by atoms with van der Waals surface area (Å²) in [5.74, 6) is 0.337. The zero-order valence-corrected chi connectivity index (χ0v) is 15.3. The van der Waals surface area contributed by atoms with Gasteiger partial charge in [0.05, 0.1) is 29.1 Å². The second kappa shape index (κ2) is 6.62. The number of hydrogen-bond donors (Lipinski definition) is 2. The van der Waals surface area contributed by atoms with Crippen molar-refractivity contribution in [2.75, 3.05) is 5.32 Å². The molecule has 0 spiro atoms. The van der Waals surface area contributed by atoms with Crippen LogP contribution in [0.25, 0.3) is 27.9 Å². The Balaban J connectivity index is 1.66. The summed E-state index contributed by atoms with van der Waals surface area (Å²) in [7, 11) is 0. The van der Waals surface area contributed by atoms with Crippen molar-refractivity contribution in [1.82, 2.24) is 29.5 Å². The molecule has 0 saturated carbocycles. The number of aromatic amines is 1. The average Bonchev–Trinajstić information content (AvgIpc) is 3.33. The zero-order chi connectivity index (χ0) is 20.0. The molecule has 0 bridgehead atoms. The maximum absolute atomic E-state index is 13.9. The van der Waals surface area contributed by atoms with E-state index in [1.165, 1.54) is 30.6 Å². The van der Waals surface area contributed by atoms with Crippen LogP contribution >= 0.6 is 0 Å². The van der Waals surface area contributed by atoms with Gasteiger partial charge in [0.1, 0.15) is 29.3 Å². The topological polar surface area (TPSA) is 84.3 Å². The standard InChI is InChI=1S/C20H15F2N7/c1-11(27-19-17-18(24-9-23-17)25-10-26-19)20-28-15-6-5-13(22)8-16(15)29(20)14-4-2-3-12(21)7-14/h2-11H,1H3,(H2,23,24,25,26,27)/t11-/m0/s1. The van der Waals surface area contributed by atoms with Gasteiger partial charge in [-0.15, -0.1) is 0 Å². The van der Waals surface area contributed by atoms with Crippen LogP contribution in [0.4, 0.5) is 14.6 Å². The first-order chi connectivity index (χ1) is 14.1. The van der Waals surface area contributed by atoms with Gasteiger partial charge in [0.2, 0.25) is 0 Å². The van der Waals surface area contributed by atoms with Crippen molar-refractivity contribution in [2.24, 2.45) is 0 Å². The molecule has 5 rings (SSSR count). The number of nitrogens with zero attached hydrogens (tertiary/aromatic N) is 5. The molecule has 0 radical (unpaired) electrons. The molecule has 29 heavy (non-hydrogen) atoms. The Morgan fingerprint density at radius 1 is 1.03 bits per heavy atom. The fraction of sp³-hybridized carbons (Fsp3) is 0.100.